The van der Waals surface area contributed by atoms with E-state index in [0.717, 1.165) is 27.9 Å². The number of aromatic nitrogens is 3. The first-order chi connectivity index (χ1) is 14.0. The highest BCUT2D eigenvalue weighted by Gasteiger charge is 2.15. The van der Waals surface area contributed by atoms with Crippen LogP contribution in [0.4, 0.5) is 0 Å². The SMILES string of the molecule is C=CCn1c(CSc2ccc(C)cc2)nnc1SCC(=O)c1ccc(C)c(C)c1. The molecule has 0 radical (unpaired) electrons. The van der Waals surface area contributed by atoms with E-state index in [4.69, 9.17) is 0 Å². The van der Waals surface area contributed by atoms with Crippen molar-refractivity contribution in [2.75, 3.05) is 5.75 Å². The summed E-state index contributed by atoms with van der Waals surface area (Å²) in [6.45, 7) is 10.6. The molecule has 0 fully saturated rings. The summed E-state index contributed by atoms with van der Waals surface area (Å²) < 4.78 is 2.03. The lowest BCUT2D eigenvalue weighted by Crippen LogP contribution is -2.06. The minimum absolute atomic E-state index is 0.0989. The van der Waals surface area contributed by atoms with Crippen LogP contribution in [0.25, 0.3) is 0 Å². The number of carbonyl (C=O) groups is 1. The van der Waals surface area contributed by atoms with E-state index in [9.17, 15) is 4.79 Å². The molecule has 0 bridgehead atoms. The quantitative estimate of drug-likeness (QED) is 0.253. The van der Waals surface area contributed by atoms with Crippen LogP contribution >= 0.6 is 23.5 Å². The van der Waals surface area contributed by atoms with Gasteiger partial charge >= 0.3 is 0 Å². The Morgan fingerprint density at radius 3 is 2.48 bits per heavy atom. The van der Waals surface area contributed by atoms with Gasteiger partial charge in [0.25, 0.3) is 0 Å². The molecule has 6 heteroatoms. The first-order valence-corrected chi connectivity index (χ1v) is 11.4. The van der Waals surface area contributed by atoms with Crippen molar-refractivity contribution in [1.82, 2.24) is 14.8 Å². The highest BCUT2D eigenvalue weighted by atomic mass is 32.2. The third-order valence-electron chi connectivity index (χ3n) is 4.66. The second-order valence-electron chi connectivity index (χ2n) is 6.91. The summed E-state index contributed by atoms with van der Waals surface area (Å²) in [4.78, 5) is 13.8. The van der Waals surface area contributed by atoms with E-state index in [0.29, 0.717) is 12.3 Å². The lowest BCUT2D eigenvalue weighted by Gasteiger charge is -2.08. The molecule has 0 amide bonds. The Hall–Kier alpha value is -2.31. The summed E-state index contributed by atoms with van der Waals surface area (Å²) in [6.07, 6.45) is 1.83. The Morgan fingerprint density at radius 2 is 1.79 bits per heavy atom. The van der Waals surface area contributed by atoms with Crippen LogP contribution in [-0.4, -0.2) is 26.3 Å². The van der Waals surface area contributed by atoms with Gasteiger partial charge in [-0.3, -0.25) is 4.79 Å². The topological polar surface area (TPSA) is 47.8 Å². The number of hydrogen-bond donors (Lipinski definition) is 0. The number of ketones is 1. The van der Waals surface area contributed by atoms with Crippen LogP contribution in [0.1, 0.15) is 32.9 Å². The molecular formula is C23H25N3OS2. The van der Waals surface area contributed by atoms with Crippen molar-refractivity contribution in [1.29, 1.82) is 0 Å². The minimum atomic E-state index is 0.0989. The minimum Gasteiger partial charge on any atom is -0.301 e. The third kappa shape index (κ3) is 5.61. The molecule has 29 heavy (non-hydrogen) atoms. The number of Topliss-reactive ketones (excluding diaryl/α,β-unsaturated/α-hetero) is 1. The molecule has 3 aromatic rings. The highest BCUT2D eigenvalue weighted by molar-refractivity contribution is 7.99. The molecule has 1 aromatic heterocycles. The zero-order valence-corrected chi connectivity index (χ0v) is 18.6. The summed E-state index contributed by atoms with van der Waals surface area (Å²) in [5, 5.41) is 9.43. The summed E-state index contributed by atoms with van der Waals surface area (Å²) in [6, 6.07) is 14.3. The summed E-state index contributed by atoms with van der Waals surface area (Å²) in [7, 11) is 0. The van der Waals surface area contributed by atoms with Gasteiger partial charge in [-0.25, -0.2) is 0 Å². The predicted octanol–water partition coefficient (Wildman–Crippen LogP) is 5.66. The molecule has 0 N–H and O–H groups in total. The number of nitrogens with zero attached hydrogens (tertiary/aromatic N) is 3. The lowest BCUT2D eigenvalue weighted by atomic mass is 10.0. The number of aryl methyl sites for hydroxylation is 3. The average Bonchev–Trinajstić information content (AvgIpc) is 3.10. The molecule has 0 spiro atoms. The van der Waals surface area contributed by atoms with Crippen LogP contribution in [0.3, 0.4) is 0 Å². The van der Waals surface area contributed by atoms with Gasteiger partial charge in [0.1, 0.15) is 5.82 Å². The van der Waals surface area contributed by atoms with E-state index < -0.39 is 0 Å². The first kappa shape index (κ1) is 21.4. The van der Waals surface area contributed by atoms with Crippen molar-refractivity contribution >= 4 is 29.3 Å². The average molecular weight is 424 g/mol. The van der Waals surface area contributed by atoms with Gasteiger partial charge in [-0.05, 0) is 50.1 Å². The van der Waals surface area contributed by atoms with Crippen molar-refractivity contribution in [2.45, 2.75) is 43.1 Å². The van der Waals surface area contributed by atoms with E-state index in [1.165, 1.54) is 27.8 Å². The largest absolute Gasteiger partial charge is 0.301 e. The van der Waals surface area contributed by atoms with Gasteiger partial charge < -0.3 is 4.57 Å². The fraction of sp³-hybridized carbons (Fsp3) is 0.261. The van der Waals surface area contributed by atoms with Crippen molar-refractivity contribution in [3.63, 3.8) is 0 Å². The van der Waals surface area contributed by atoms with Crippen LogP contribution in [0.5, 0.6) is 0 Å². The molecule has 0 atom stereocenters. The van der Waals surface area contributed by atoms with E-state index in [2.05, 4.69) is 48.0 Å². The van der Waals surface area contributed by atoms with Gasteiger partial charge in [0.2, 0.25) is 0 Å². The van der Waals surface area contributed by atoms with Crippen LogP contribution in [-0.2, 0) is 12.3 Å². The molecule has 0 saturated carbocycles. The second kappa shape index (κ2) is 9.94. The third-order valence-corrected chi connectivity index (χ3v) is 6.63. The van der Waals surface area contributed by atoms with Crippen molar-refractivity contribution in [3.8, 4) is 0 Å². The van der Waals surface area contributed by atoms with Gasteiger partial charge in [-0.1, -0.05) is 47.7 Å². The smallest absolute Gasteiger partial charge is 0.191 e. The molecule has 4 nitrogen and oxygen atoms in total. The molecule has 1 heterocycles. The van der Waals surface area contributed by atoms with Gasteiger partial charge in [0.05, 0.1) is 11.5 Å². The molecule has 3 rings (SSSR count). The number of benzene rings is 2. The zero-order valence-electron chi connectivity index (χ0n) is 17.0. The van der Waals surface area contributed by atoms with Gasteiger partial charge in [-0.15, -0.1) is 28.5 Å². The maximum Gasteiger partial charge on any atom is 0.191 e. The van der Waals surface area contributed by atoms with E-state index in [-0.39, 0.29) is 5.78 Å². The summed E-state index contributed by atoms with van der Waals surface area (Å²) >= 11 is 3.15. The first-order valence-electron chi connectivity index (χ1n) is 9.43. The number of carbonyl (C=O) groups excluding carboxylic acids is 1. The lowest BCUT2D eigenvalue weighted by molar-refractivity contribution is 0.102. The Morgan fingerprint density at radius 1 is 1.03 bits per heavy atom. The second-order valence-corrected chi connectivity index (χ2v) is 8.90. The molecule has 0 aliphatic rings. The number of hydrogen-bond acceptors (Lipinski definition) is 5. The van der Waals surface area contributed by atoms with Crippen molar-refractivity contribution in [3.05, 3.63) is 83.2 Å². The fourth-order valence-corrected chi connectivity index (χ4v) is 4.45. The van der Waals surface area contributed by atoms with Crippen LogP contribution in [0, 0.1) is 20.8 Å². The normalized spacial score (nSPS) is 10.9. The molecular weight excluding hydrogens is 398 g/mol. The molecule has 2 aromatic carbocycles. The van der Waals surface area contributed by atoms with Gasteiger partial charge in [0, 0.05) is 17.0 Å². The number of rotatable bonds is 9. The number of allylic oxidation sites excluding steroid dienone is 1. The van der Waals surface area contributed by atoms with Crippen LogP contribution in [0.2, 0.25) is 0 Å². The maximum atomic E-state index is 12.6. The van der Waals surface area contributed by atoms with Crippen molar-refractivity contribution in [2.24, 2.45) is 0 Å². The van der Waals surface area contributed by atoms with Gasteiger partial charge in [0.15, 0.2) is 10.9 Å². The van der Waals surface area contributed by atoms with Crippen molar-refractivity contribution < 1.29 is 4.79 Å². The molecule has 0 aliphatic heterocycles. The van der Waals surface area contributed by atoms with E-state index >= 15 is 0 Å². The maximum absolute atomic E-state index is 12.6. The predicted molar refractivity (Wildman–Crippen MR) is 122 cm³/mol. The fourth-order valence-electron chi connectivity index (χ4n) is 2.76. The molecule has 0 aliphatic carbocycles. The van der Waals surface area contributed by atoms with Crippen LogP contribution < -0.4 is 0 Å². The highest BCUT2D eigenvalue weighted by Crippen LogP contribution is 2.25. The van der Waals surface area contributed by atoms with E-state index in [1.807, 2.05) is 42.7 Å². The Labute approximate surface area is 180 Å². The van der Waals surface area contributed by atoms with Gasteiger partial charge in [-0.2, -0.15) is 0 Å². The molecule has 150 valence electrons. The number of thioether (sulfide) groups is 2. The summed E-state index contributed by atoms with van der Waals surface area (Å²) in [5.41, 5.74) is 4.31. The Balaban J connectivity index is 1.67. The monoisotopic (exact) mass is 423 g/mol. The Bertz CT molecular complexity index is 1010. The van der Waals surface area contributed by atoms with E-state index in [1.54, 1.807) is 11.8 Å². The molecule has 0 unspecified atom stereocenters. The zero-order chi connectivity index (χ0) is 20.8. The molecule has 0 saturated heterocycles. The Kier molecular flexibility index (Phi) is 7.34. The standard InChI is InChI=1S/C23H25N3OS2/c1-5-12-26-22(15-28-20-10-6-16(2)7-11-20)24-25-23(26)29-14-21(27)19-9-8-17(3)18(4)13-19/h5-11,13H,1,12,14-15H2,2-4H3. The summed E-state index contributed by atoms with van der Waals surface area (Å²) in [5.74, 6) is 2.04. The van der Waals surface area contributed by atoms with Crippen LogP contribution in [0.15, 0.2) is 65.2 Å².